The van der Waals surface area contributed by atoms with Crippen LogP contribution in [-0.2, 0) is 11.3 Å². The zero-order chi connectivity index (χ0) is 16.4. The van der Waals surface area contributed by atoms with E-state index in [0.717, 1.165) is 16.6 Å². The van der Waals surface area contributed by atoms with Crippen molar-refractivity contribution in [1.29, 1.82) is 0 Å². The van der Waals surface area contributed by atoms with Crippen molar-refractivity contribution in [3.8, 4) is 0 Å². The quantitative estimate of drug-likeness (QED) is 0.568. The van der Waals surface area contributed by atoms with E-state index in [1.165, 1.54) is 6.20 Å². The summed E-state index contributed by atoms with van der Waals surface area (Å²) in [4.78, 5) is 27.4. The van der Waals surface area contributed by atoms with E-state index in [4.69, 9.17) is 11.6 Å². The topological polar surface area (TPSA) is 62.0 Å². The van der Waals surface area contributed by atoms with Crippen molar-refractivity contribution < 1.29 is 9.59 Å². The van der Waals surface area contributed by atoms with Gasteiger partial charge in [-0.2, -0.15) is 0 Å². The third kappa shape index (κ3) is 3.12. The standard InChI is InChI=1S/C18H15ClN2O2/c1-11-4-2-3-5-12(11)9-21-18(23)17(22)15-10-20-16-8-13(19)6-7-14(15)16/h2-8,10,20H,9H2,1H3,(H,21,23). The van der Waals surface area contributed by atoms with Gasteiger partial charge in [0.05, 0.1) is 5.56 Å². The maximum Gasteiger partial charge on any atom is 0.292 e. The molecule has 0 spiro atoms. The number of aromatic nitrogens is 1. The van der Waals surface area contributed by atoms with Gasteiger partial charge in [0.15, 0.2) is 0 Å². The average molecular weight is 327 g/mol. The van der Waals surface area contributed by atoms with Crippen LogP contribution in [0.4, 0.5) is 0 Å². The van der Waals surface area contributed by atoms with E-state index in [2.05, 4.69) is 10.3 Å². The third-order valence-corrected chi connectivity index (χ3v) is 4.03. The number of aryl methyl sites for hydroxylation is 1. The Balaban J connectivity index is 1.76. The summed E-state index contributed by atoms with van der Waals surface area (Å²) in [5.41, 5.74) is 3.13. The Labute approximate surface area is 138 Å². The predicted molar refractivity (Wildman–Crippen MR) is 90.7 cm³/mol. The van der Waals surface area contributed by atoms with Crippen LogP contribution in [0.3, 0.4) is 0 Å². The summed E-state index contributed by atoms with van der Waals surface area (Å²) in [5, 5.41) is 3.93. The van der Waals surface area contributed by atoms with Gasteiger partial charge in [0, 0.05) is 28.7 Å². The molecule has 116 valence electrons. The number of hydrogen-bond acceptors (Lipinski definition) is 2. The molecule has 0 bridgehead atoms. The number of nitrogens with one attached hydrogen (secondary N) is 2. The molecule has 5 heteroatoms. The first-order chi connectivity index (χ1) is 11.1. The number of aromatic amines is 1. The van der Waals surface area contributed by atoms with Crippen LogP contribution in [0.15, 0.2) is 48.7 Å². The zero-order valence-electron chi connectivity index (χ0n) is 12.5. The van der Waals surface area contributed by atoms with Crippen LogP contribution in [0.25, 0.3) is 10.9 Å². The number of halogens is 1. The van der Waals surface area contributed by atoms with Gasteiger partial charge in [-0.1, -0.05) is 41.9 Å². The first-order valence-corrected chi connectivity index (χ1v) is 7.58. The molecular formula is C18H15ClN2O2. The van der Waals surface area contributed by atoms with Crippen molar-refractivity contribution in [2.24, 2.45) is 0 Å². The fraction of sp³-hybridized carbons (Fsp3) is 0.111. The number of ketones is 1. The van der Waals surface area contributed by atoms with Crippen molar-refractivity contribution in [2.45, 2.75) is 13.5 Å². The normalized spacial score (nSPS) is 10.7. The first-order valence-electron chi connectivity index (χ1n) is 7.20. The molecule has 0 aliphatic heterocycles. The zero-order valence-corrected chi connectivity index (χ0v) is 13.3. The molecule has 1 amide bonds. The van der Waals surface area contributed by atoms with E-state index in [1.807, 2.05) is 31.2 Å². The van der Waals surface area contributed by atoms with Crippen molar-refractivity contribution in [1.82, 2.24) is 10.3 Å². The van der Waals surface area contributed by atoms with E-state index >= 15 is 0 Å². The first kappa shape index (κ1) is 15.3. The summed E-state index contributed by atoms with van der Waals surface area (Å²) in [6.45, 7) is 2.29. The van der Waals surface area contributed by atoms with Gasteiger partial charge < -0.3 is 10.3 Å². The van der Waals surface area contributed by atoms with Crippen molar-refractivity contribution in [3.05, 3.63) is 70.4 Å². The fourth-order valence-electron chi connectivity index (χ4n) is 2.47. The highest BCUT2D eigenvalue weighted by Crippen LogP contribution is 2.22. The molecule has 0 radical (unpaired) electrons. The maximum absolute atomic E-state index is 12.3. The lowest BCUT2D eigenvalue weighted by Gasteiger charge is -2.07. The van der Waals surface area contributed by atoms with E-state index in [0.29, 0.717) is 22.5 Å². The molecule has 0 saturated carbocycles. The Morgan fingerprint density at radius 2 is 1.96 bits per heavy atom. The molecule has 0 aliphatic rings. The van der Waals surface area contributed by atoms with Gasteiger partial charge in [0.25, 0.3) is 11.7 Å². The lowest BCUT2D eigenvalue weighted by molar-refractivity contribution is -0.117. The molecule has 0 atom stereocenters. The molecule has 0 aliphatic carbocycles. The SMILES string of the molecule is Cc1ccccc1CNC(=O)C(=O)c1c[nH]c2cc(Cl)ccc12. The Morgan fingerprint density at radius 3 is 2.74 bits per heavy atom. The van der Waals surface area contributed by atoms with Gasteiger partial charge in [-0.3, -0.25) is 9.59 Å². The average Bonchev–Trinajstić information content (AvgIpc) is 2.96. The Morgan fingerprint density at radius 1 is 1.17 bits per heavy atom. The van der Waals surface area contributed by atoms with Gasteiger partial charge in [0.1, 0.15) is 0 Å². The van der Waals surface area contributed by atoms with Crippen LogP contribution < -0.4 is 5.32 Å². The second-order valence-electron chi connectivity index (χ2n) is 5.33. The molecular weight excluding hydrogens is 312 g/mol. The molecule has 1 aromatic heterocycles. The van der Waals surface area contributed by atoms with Gasteiger partial charge in [0.2, 0.25) is 0 Å². The predicted octanol–water partition coefficient (Wildman–Crippen LogP) is 3.63. The molecule has 1 heterocycles. The van der Waals surface area contributed by atoms with Crippen molar-refractivity contribution >= 4 is 34.2 Å². The smallest absolute Gasteiger partial charge is 0.292 e. The number of rotatable bonds is 4. The lowest BCUT2D eigenvalue weighted by atomic mass is 10.1. The van der Waals surface area contributed by atoms with Gasteiger partial charge in [-0.05, 0) is 30.2 Å². The van der Waals surface area contributed by atoms with E-state index in [9.17, 15) is 9.59 Å². The number of fused-ring (bicyclic) bond motifs is 1. The number of amides is 1. The van der Waals surface area contributed by atoms with Crippen LogP contribution in [0.1, 0.15) is 21.5 Å². The number of carbonyl (C=O) groups excluding carboxylic acids is 2. The fourth-order valence-corrected chi connectivity index (χ4v) is 2.64. The number of H-pyrrole nitrogens is 1. The Bertz CT molecular complexity index is 899. The summed E-state index contributed by atoms with van der Waals surface area (Å²) in [6.07, 6.45) is 1.54. The lowest BCUT2D eigenvalue weighted by Crippen LogP contribution is -2.30. The summed E-state index contributed by atoms with van der Waals surface area (Å²) in [6, 6.07) is 12.9. The van der Waals surface area contributed by atoms with Crippen LogP contribution in [0, 0.1) is 6.92 Å². The van der Waals surface area contributed by atoms with E-state index in [-0.39, 0.29) is 0 Å². The number of benzene rings is 2. The molecule has 4 nitrogen and oxygen atoms in total. The van der Waals surface area contributed by atoms with Crippen LogP contribution >= 0.6 is 11.6 Å². The Hall–Kier alpha value is -2.59. The van der Waals surface area contributed by atoms with Crippen molar-refractivity contribution in [3.63, 3.8) is 0 Å². The van der Waals surface area contributed by atoms with Crippen LogP contribution in [-0.4, -0.2) is 16.7 Å². The molecule has 3 rings (SSSR count). The van der Waals surface area contributed by atoms with Crippen LogP contribution in [0.5, 0.6) is 0 Å². The monoisotopic (exact) mass is 326 g/mol. The number of Topliss-reactive ketones (excluding diaryl/α,β-unsaturated/α-hetero) is 1. The maximum atomic E-state index is 12.3. The molecule has 0 unspecified atom stereocenters. The van der Waals surface area contributed by atoms with Gasteiger partial charge >= 0.3 is 0 Å². The largest absolute Gasteiger partial charge is 0.360 e. The molecule has 0 fully saturated rings. The summed E-state index contributed by atoms with van der Waals surface area (Å²) >= 11 is 5.92. The van der Waals surface area contributed by atoms with Crippen molar-refractivity contribution in [2.75, 3.05) is 0 Å². The highest BCUT2D eigenvalue weighted by atomic mass is 35.5. The second-order valence-corrected chi connectivity index (χ2v) is 5.77. The molecule has 3 aromatic rings. The highest BCUT2D eigenvalue weighted by molar-refractivity contribution is 6.45. The minimum absolute atomic E-state index is 0.325. The number of hydrogen-bond donors (Lipinski definition) is 2. The minimum atomic E-state index is -0.621. The van der Waals surface area contributed by atoms with E-state index < -0.39 is 11.7 Å². The summed E-state index contributed by atoms with van der Waals surface area (Å²) in [5.74, 6) is -1.18. The summed E-state index contributed by atoms with van der Waals surface area (Å²) in [7, 11) is 0. The van der Waals surface area contributed by atoms with E-state index in [1.54, 1.807) is 18.2 Å². The molecule has 2 N–H and O–H groups in total. The second kappa shape index (κ2) is 6.26. The summed E-state index contributed by atoms with van der Waals surface area (Å²) < 4.78 is 0. The third-order valence-electron chi connectivity index (χ3n) is 3.80. The molecule has 0 saturated heterocycles. The minimum Gasteiger partial charge on any atom is -0.360 e. The van der Waals surface area contributed by atoms with Gasteiger partial charge in [-0.25, -0.2) is 0 Å². The molecule has 23 heavy (non-hydrogen) atoms. The Kier molecular flexibility index (Phi) is 4.17. The number of carbonyl (C=O) groups is 2. The van der Waals surface area contributed by atoms with Gasteiger partial charge in [-0.15, -0.1) is 0 Å². The molecule has 2 aromatic carbocycles. The highest BCUT2D eigenvalue weighted by Gasteiger charge is 2.19. The van der Waals surface area contributed by atoms with Crippen LogP contribution in [0.2, 0.25) is 5.02 Å².